The number of amides is 1. The molecule has 0 aliphatic heterocycles. The first kappa shape index (κ1) is 19.9. The zero-order valence-corrected chi connectivity index (χ0v) is 15.5. The van der Waals surface area contributed by atoms with Gasteiger partial charge < -0.3 is 14.8 Å². The highest BCUT2D eigenvalue weighted by Crippen LogP contribution is 2.25. The fraction of sp³-hybridized carbons (Fsp3) is 0.421. The number of halogens is 3. The van der Waals surface area contributed by atoms with E-state index in [0.29, 0.717) is 23.4 Å². The van der Waals surface area contributed by atoms with Crippen LogP contribution in [0.2, 0.25) is 0 Å². The highest BCUT2D eigenvalue weighted by molar-refractivity contribution is 5.92. The second-order valence-electron chi connectivity index (χ2n) is 6.65. The van der Waals surface area contributed by atoms with Gasteiger partial charge in [-0.25, -0.2) is 4.98 Å². The summed E-state index contributed by atoms with van der Waals surface area (Å²) in [5, 5.41) is 2.90. The molecule has 28 heavy (non-hydrogen) atoms. The van der Waals surface area contributed by atoms with Crippen LogP contribution in [0.1, 0.15) is 40.2 Å². The molecule has 150 valence electrons. The molecular weight excluding hydrogens is 375 g/mol. The maximum absolute atomic E-state index is 12.3. The second kappa shape index (κ2) is 8.04. The van der Waals surface area contributed by atoms with Crippen molar-refractivity contribution in [2.75, 3.05) is 13.7 Å². The van der Waals surface area contributed by atoms with Gasteiger partial charge in [0.15, 0.2) is 6.61 Å². The van der Waals surface area contributed by atoms with E-state index < -0.39 is 12.8 Å². The van der Waals surface area contributed by atoms with Gasteiger partial charge in [0, 0.05) is 29.8 Å². The number of aryl methyl sites for hydroxylation is 1. The minimum Gasteiger partial charge on any atom is -0.481 e. The van der Waals surface area contributed by atoms with Crippen molar-refractivity contribution in [3.05, 3.63) is 46.8 Å². The highest BCUT2D eigenvalue weighted by Gasteiger charge is 2.29. The fourth-order valence-electron chi connectivity index (χ4n) is 2.67. The van der Waals surface area contributed by atoms with Crippen molar-refractivity contribution in [2.24, 2.45) is 0 Å². The first-order chi connectivity index (χ1) is 13.2. The number of rotatable bonds is 7. The van der Waals surface area contributed by atoms with Crippen LogP contribution in [0.15, 0.2) is 24.3 Å². The van der Waals surface area contributed by atoms with Crippen LogP contribution in [0, 0.1) is 6.92 Å². The summed E-state index contributed by atoms with van der Waals surface area (Å²) in [4.78, 5) is 20.5. The monoisotopic (exact) mass is 395 g/mol. The van der Waals surface area contributed by atoms with Crippen LogP contribution < -0.4 is 14.8 Å². The number of carbonyl (C=O) groups is 1. The summed E-state index contributed by atoms with van der Waals surface area (Å²) in [7, 11) is 1.38. The predicted molar refractivity (Wildman–Crippen MR) is 94.6 cm³/mol. The van der Waals surface area contributed by atoms with E-state index in [1.54, 1.807) is 19.1 Å². The van der Waals surface area contributed by atoms with Crippen LogP contribution in [-0.2, 0) is 6.42 Å². The number of hydrogen-bond donors (Lipinski definition) is 1. The molecule has 0 unspecified atom stereocenters. The maximum atomic E-state index is 12.3. The van der Waals surface area contributed by atoms with Crippen LogP contribution in [0.4, 0.5) is 13.2 Å². The van der Waals surface area contributed by atoms with Gasteiger partial charge in [0.05, 0.1) is 7.11 Å². The highest BCUT2D eigenvalue weighted by atomic mass is 19.4. The van der Waals surface area contributed by atoms with Crippen molar-refractivity contribution in [2.45, 2.75) is 38.4 Å². The Morgan fingerprint density at radius 3 is 2.64 bits per heavy atom. The Labute approximate surface area is 160 Å². The normalized spacial score (nSPS) is 13.9. The lowest BCUT2D eigenvalue weighted by Crippen LogP contribution is -2.26. The molecule has 1 fully saturated rings. The lowest BCUT2D eigenvalue weighted by molar-refractivity contribution is -0.154. The summed E-state index contributed by atoms with van der Waals surface area (Å²) >= 11 is 0. The Morgan fingerprint density at radius 1 is 1.25 bits per heavy atom. The van der Waals surface area contributed by atoms with E-state index in [-0.39, 0.29) is 23.7 Å². The number of pyridine rings is 2. The van der Waals surface area contributed by atoms with Crippen LogP contribution in [0.3, 0.4) is 0 Å². The minimum atomic E-state index is -4.44. The van der Waals surface area contributed by atoms with Crippen molar-refractivity contribution in [3.63, 3.8) is 0 Å². The van der Waals surface area contributed by atoms with Crippen LogP contribution in [0.25, 0.3) is 0 Å². The van der Waals surface area contributed by atoms with Gasteiger partial charge in [0.2, 0.25) is 11.8 Å². The summed E-state index contributed by atoms with van der Waals surface area (Å²) in [6.07, 6.45) is -2.10. The van der Waals surface area contributed by atoms with Crippen molar-refractivity contribution in [1.29, 1.82) is 0 Å². The summed E-state index contributed by atoms with van der Waals surface area (Å²) < 4.78 is 46.7. The second-order valence-corrected chi connectivity index (χ2v) is 6.65. The zero-order valence-electron chi connectivity index (χ0n) is 15.5. The molecule has 2 heterocycles. The molecule has 1 amide bonds. The molecule has 9 heteroatoms. The quantitative estimate of drug-likeness (QED) is 0.779. The van der Waals surface area contributed by atoms with Crippen LogP contribution in [0.5, 0.6) is 11.8 Å². The Morgan fingerprint density at radius 2 is 2.00 bits per heavy atom. The summed E-state index contributed by atoms with van der Waals surface area (Å²) in [6.45, 7) is 0.368. The number of nitrogens with one attached hydrogen (secondary N) is 1. The SMILES string of the molecule is COc1nc(OCC(F)(F)F)ccc1Cc1cc(C)nc(C(=O)NC2CC2)c1. The molecule has 0 bridgehead atoms. The molecule has 2 aromatic rings. The molecule has 0 spiro atoms. The maximum Gasteiger partial charge on any atom is 0.422 e. The molecule has 0 atom stereocenters. The van der Waals surface area contributed by atoms with Crippen molar-refractivity contribution < 1.29 is 27.4 Å². The van der Waals surface area contributed by atoms with E-state index in [0.717, 1.165) is 18.4 Å². The van der Waals surface area contributed by atoms with E-state index in [1.165, 1.54) is 13.2 Å². The smallest absolute Gasteiger partial charge is 0.422 e. The van der Waals surface area contributed by atoms with Crippen molar-refractivity contribution >= 4 is 5.91 Å². The summed E-state index contributed by atoms with van der Waals surface area (Å²) in [5.74, 6) is -0.222. The number of hydrogen-bond acceptors (Lipinski definition) is 5. The predicted octanol–water partition coefficient (Wildman–Crippen LogP) is 3.22. The van der Waals surface area contributed by atoms with Gasteiger partial charge in [-0.15, -0.1) is 0 Å². The van der Waals surface area contributed by atoms with Crippen LogP contribution >= 0.6 is 0 Å². The standard InChI is InChI=1S/C19H20F3N3O3/c1-11-7-12(9-15(23-11)17(26)24-14-4-5-14)8-13-3-6-16(25-18(13)27-2)28-10-19(20,21)22/h3,6-7,9,14H,4-5,8,10H2,1-2H3,(H,24,26). The van der Waals surface area contributed by atoms with E-state index in [2.05, 4.69) is 20.0 Å². The molecule has 0 radical (unpaired) electrons. The zero-order chi connectivity index (χ0) is 20.3. The Hall–Kier alpha value is -2.84. The largest absolute Gasteiger partial charge is 0.481 e. The topological polar surface area (TPSA) is 73.3 Å². The average molecular weight is 395 g/mol. The van der Waals surface area contributed by atoms with Crippen molar-refractivity contribution in [1.82, 2.24) is 15.3 Å². The summed E-state index contributed by atoms with van der Waals surface area (Å²) in [5.41, 5.74) is 2.49. The molecule has 0 aromatic carbocycles. The lowest BCUT2D eigenvalue weighted by atomic mass is 10.0. The van der Waals surface area contributed by atoms with Gasteiger partial charge in [-0.1, -0.05) is 0 Å². The molecule has 2 aromatic heterocycles. The third kappa shape index (κ3) is 5.58. The number of nitrogens with zero attached hydrogens (tertiary/aromatic N) is 2. The third-order valence-electron chi connectivity index (χ3n) is 4.04. The molecule has 3 rings (SSSR count). The van der Waals surface area contributed by atoms with Gasteiger partial charge in [0.25, 0.3) is 5.91 Å². The molecule has 1 aliphatic rings. The van der Waals surface area contributed by atoms with E-state index in [9.17, 15) is 18.0 Å². The van der Waals surface area contributed by atoms with E-state index in [4.69, 9.17) is 4.74 Å². The first-order valence-corrected chi connectivity index (χ1v) is 8.75. The average Bonchev–Trinajstić information content (AvgIpc) is 3.43. The summed E-state index contributed by atoms with van der Waals surface area (Å²) in [6, 6.07) is 6.71. The molecule has 6 nitrogen and oxygen atoms in total. The Kier molecular flexibility index (Phi) is 5.71. The molecule has 0 saturated heterocycles. The Balaban J connectivity index is 1.76. The molecular formula is C19H20F3N3O3. The van der Waals surface area contributed by atoms with E-state index >= 15 is 0 Å². The van der Waals surface area contributed by atoms with E-state index in [1.807, 2.05) is 6.07 Å². The molecule has 1 N–H and O–H groups in total. The fourth-order valence-corrected chi connectivity index (χ4v) is 2.67. The van der Waals surface area contributed by atoms with Gasteiger partial charge in [-0.3, -0.25) is 4.79 Å². The number of carbonyl (C=O) groups excluding carboxylic acids is 1. The van der Waals surface area contributed by atoms with Crippen molar-refractivity contribution in [3.8, 4) is 11.8 Å². The number of methoxy groups -OCH3 is 1. The minimum absolute atomic E-state index is 0.165. The van der Waals surface area contributed by atoms with Gasteiger partial charge in [-0.2, -0.15) is 18.2 Å². The number of aromatic nitrogens is 2. The van der Waals surface area contributed by atoms with Gasteiger partial charge >= 0.3 is 6.18 Å². The number of ether oxygens (including phenoxy) is 2. The molecule has 1 aliphatic carbocycles. The van der Waals surface area contributed by atoms with Gasteiger partial charge in [-0.05, 0) is 43.5 Å². The Bertz CT molecular complexity index is 867. The number of alkyl halides is 3. The van der Waals surface area contributed by atoms with Gasteiger partial charge in [0.1, 0.15) is 5.69 Å². The molecule has 1 saturated carbocycles. The lowest BCUT2D eigenvalue weighted by Gasteiger charge is -2.12. The van der Waals surface area contributed by atoms with Crippen LogP contribution in [-0.4, -0.2) is 41.8 Å². The third-order valence-corrected chi connectivity index (χ3v) is 4.04. The first-order valence-electron chi connectivity index (χ1n) is 8.75.